The predicted molar refractivity (Wildman–Crippen MR) is 116 cm³/mol. The number of furan rings is 1. The minimum atomic E-state index is -0.0284. The summed E-state index contributed by atoms with van der Waals surface area (Å²) in [5.74, 6) is 2.11. The molecule has 2 aliphatic rings. The molecule has 1 N–H and O–H groups in total. The first-order valence-corrected chi connectivity index (χ1v) is 11.0. The highest BCUT2D eigenvalue weighted by molar-refractivity contribution is 5.91. The third kappa shape index (κ3) is 5.13. The third-order valence-corrected chi connectivity index (χ3v) is 6.47. The fraction of sp³-hybridized carbons (Fsp3) is 0.727. The third-order valence-electron chi connectivity index (χ3n) is 6.47. The van der Waals surface area contributed by atoms with Crippen LogP contribution in [0.15, 0.2) is 27.8 Å². The number of amides is 1. The van der Waals surface area contributed by atoms with Crippen molar-refractivity contribution in [2.45, 2.75) is 45.1 Å². The Morgan fingerprint density at radius 1 is 1.31 bits per heavy atom. The average Bonchev–Trinajstić information content (AvgIpc) is 3.25. The van der Waals surface area contributed by atoms with Gasteiger partial charge in [-0.1, -0.05) is 19.8 Å². The van der Waals surface area contributed by atoms with Gasteiger partial charge in [0.05, 0.1) is 12.8 Å². The summed E-state index contributed by atoms with van der Waals surface area (Å²) >= 11 is 0. The van der Waals surface area contributed by atoms with Crippen LogP contribution < -0.4 is 5.32 Å². The number of carbonyl (C=O) groups excluding carboxylic acids is 1. The molecule has 1 saturated carbocycles. The Hall–Kier alpha value is -2.02. The molecular formula is C22H37N5O2. The van der Waals surface area contributed by atoms with Gasteiger partial charge in [-0.2, -0.15) is 0 Å². The molecule has 2 heterocycles. The van der Waals surface area contributed by atoms with Gasteiger partial charge in [0.2, 0.25) is 0 Å². The molecule has 0 spiro atoms. The first-order valence-electron chi connectivity index (χ1n) is 11.0. The molecule has 7 heteroatoms. The second kappa shape index (κ2) is 9.65. The minimum Gasteiger partial charge on any atom is -0.459 e. The van der Waals surface area contributed by atoms with Crippen LogP contribution in [-0.2, 0) is 0 Å². The fourth-order valence-corrected chi connectivity index (χ4v) is 4.65. The number of hydrogen-bond acceptors (Lipinski definition) is 4. The van der Waals surface area contributed by atoms with Gasteiger partial charge in [0.15, 0.2) is 11.7 Å². The number of nitrogens with zero attached hydrogens (tertiary/aromatic N) is 4. The minimum absolute atomic E-state index is 0.0284. The first kappa shape index (κ1) is 21.7. The van der Waals surface area contributed by atoms with E-state index in [1.54, 1.807) is 18.4 Å². The van der Waals surface area contributed by atoms with Gasteiger partial charge < -0.3 is 24.4 Å². The van der Waals surface area contributed by atoms with Gasteiger partial charge in [-0.3, -0.25) is 9.79 Å². The zero-order valence-corrected chi connectivity index (χ0v) is 18.5. The van der Waals surface area contributed by atoms with Crippen LogP contribution in [0.1, 0.15) is 50.1 Å². The Bertz CT molecular complexity index is 679. The van der Waals surface area contributed by atoms with E-state index in [1.807, 2.05) is 4.90 Å². The van der Waals surface area contributed by atoms with Crippen molar-refractivity contribution in [1.82, 2.24) is 20.0 Å². The predicted octanol–water partition coefficient (Wildman–Crippen LogP) is 2.51. The van der Waals surface area contributed by atoms with Gasteiger partial charge in [-0.25, -0.2) is 0 Å². The number of carbonyl (C=O) groups is 1. The van der Waals surface area contributed by atoms with Crippen LogP contribution in [0.5, 0.6) is 0 Å². The van der Waals surface area contributed by atoms with Crippen LogP contribution in [0.25, 0.3) is 0 Å². The number of nitrogens with one attached hydrogen (secondary N) is 1. The molecule has 2 fully saturated rings. The van der Waals surface area contributed by atoms with Crippen molar-refractivity contribution in [3.8, 4) is 0 Å². The van der Waals surface area contributed by atoms with E-state index in [1.165, 1.54) is 25.7 Å². The lowest BCUT2D eigenvalue weighted by Gasteiger charge is -2.44. The maximum atomic E-state index is 12.5. The van der Waals surface area contributed by atoms with Crippen LogP contribution in [0, 0.1) is 5.92 Å². The van der Waals surface area contributed by atoms with E-state index >= 15 is 0 Å². The Morgan fingerprint density at radius 3 is 2.62 bits per heavy atom. The molecule has 1 aliphatic carbocycles. The lowest BCUT2D eigenvalue weighted by Crippen LogP contribution is -2.55. The standard InChI is InChI=1S/C22H37N5O2/c1-5-23-21(24-17-22(25(3)4)10-6-8-18(2)16-22)27-13-11-26(12-14-27)20(28)19-9-7-15-29-19/h7,9,15,18H,5-6,8,10-14,16-17H2,1-4H3,(H,23,24). The number of piperazine rings is 1. The average molecular weight is 404 g/mol. The summed E-state index contributed by atoms with van der Waals surface area (Å²) in [5, 5.41) is 3.47. The van der Waals surface area contributed by atoms with Crippen molar-refractivity contribution in [3.05, 3.63) is 24.2 Å². The monoisotopic (exact) mass is 403 g/mol. The molecule has 1 saturated heterocycles. The van der Waals surface area contributed by atoms with E-state index in [4.69, 9.17) is 9.41 Å². The van der Waals surface area contributed by atoms with Crippen molar-refractivity contribution in [1.29, 1.82) is 0 Å². The number of hydrogen-bond donors (Lipinski definition) is 1. The largest absolute Gasteiger partial charge is 0.459 e. The highest BCUT2D eigenvalue weighted by Crippen LogP contribution is 2.36. The Balaban J connectivity index is 1.64. The number of guanidine groups is 1. The van der Waals surface area contributed by atoms with Crippen LogP contribution in [0.3, 0.4) is 0 Å². The normalized spacial score (nSPS) is 26.1. The molecule has 7 nitrogen and oxygen atoms in total. The molecule has 0 aromatic carbocycles. The van der Waals surface area contributed by atoms with Gasteiger partial charge in [-0.05, 0) is 51.9 Å². The number of rotatable bonds is 5. The van der Waals surface area contributed by atoms with Crippen molar-refractivity contribution in [3.63, 3.8) is 0 Å². The van der Waals surface area contributed by atoms with E-state index in [0.29, 0.717) is 18.8 Å². The smallest absolute Gasteiger partial charge is 0.289 e. The zero-order valence-electron chi connectivity index (χ0n) is 18.5. The summed E-state index contributed by atoms with van der Waals surface area (Å²) in [6, 6.07) is 3.48. The van der Waals surface area contributed by atoms with Crippen molar-refractivity contribution < 1.29 is 9.21 Å². The molecule has 162 valence electrons. The SMILES string of the molecule is CCNC(=NCC1(N(C)C)CCCC(C)C1)N1CCN(C(=O)c2ccco2)CC1. The fourth-order valence-electron chi connectivity index (χ4n) is 4.65. The lowest BCUT2D eigenvalue weighted by atomic mass is 9.75. The van der Waals surface area contributed by atoms with Crippen LogP contribution in [0.2, 0.25) is 0 Å². The van der Waals surface area contributed by atoms with Gasteiger partial charge in [-0.15, -0.1) is 0 Å². The summed E-state index contributed by atoms with van der Waals surface area (Å²) in [4.78, 5) is 24.1. The Kier molecular flexibility index (Phi) is 7.22. The second-order valence-corrected chi connectivity index (χ2v) is 8.75. The molecule has 2 atom stereocenters. The maximum absolute atomic E-state index is 12.5. The lowest BCUT2D eigenvalue weighted by molar-refractivity contribution is 0.0656. The van der Waals surface area contributed by atoms with Crippen molar-refractivity contribution in [2.24, 2.45) is 10.9 Å². The first-order chi connectivity index (χ1) is 13.9. The van der Waals surface area contributed by atoms with E-state index in [2.05, 4.69) is 43.1 Å². The highest BCUT2D eigenvalue weighted by Gasteiger charge is 2.37. The maximum Gasteiger partial charge on any atom is 0.289 e. The van der Waals surface area contributed by atoms with Crippen LogP contribution in [0.4, 0.5) is 0 Å². The molecule has 2 unspecified atom stereocenters. The molecule has 0 radical (unpaired) electrons. The van der Waals surface area contributed by atoms with Crippen LogP contribution in [-0.4, -0.2) is 85.5 Å². The van der Waals surface area contributed by atoms with Crippen molar-refractivity contribution >= 4 is 11.9 Å². The zero-order chi connectivity index (χ0) is 20.9. The molecular weight excluding hydrogens is 366 g/mol. The summed E-state index contributed by atoms with van der Waals surface area (Å²) in [5.41, 5.74) is 0.148. The van der Waals surface area contributed by atoms with E-state index in [0.717, 1.165) is 38.1 Å². The highest BCUT2D eigenvalue weighted by atomic mass is 16.3. The summed E-state index contributed by atoms with van der Waals surface area (Å²) in [7, 11) is 4.39. The molecule has 1 aliphatic heterocycles. The Labute approximate surface area is 175 Å². The molecule has 1 amide bonds. The number of likely N-dealkylation sites (N-methyl/N-ethyl adjacent to an activating group) is 1. The topological polar surface area (TPSA) is 64.3 Å². The van der Waals surface area contributed by atoms with E-state index in [9.17, 15) is 4.79 Å². The summed E-state index contributed by atoms with van der Waals surface area (Å²) < 4.78 is 5.26. The molecule has 1 aromatic rings. The van der Waals surface area contributed by atoms with Gasteiger partial charge in [0.25, 0.3) is 5.91 Å². The number of aliphatic imine (C=N–C) groups is 1. The van der Waals surface area contributed by atoms with Gasteiger partial charge in [0.1, 0.15) is 0 Å². The van der Waals surface area contributed by atoms with Gasteiger partial charge >= 0.3 is 0 Å². The van der Waals surface area contributed by atoms with Crippen molar-refractivity contribution in [2.75, 3.05) is 53.4 Å². The van der Waals surface area contributed by atoms with E-state index in [-0.39, 0.29) is 11.4 Å². The molecule has 29 heavy (non-hydrogen) atoms. The molecule has 3 rings (SSSR count). The quantitative estimate of drug-likeness (QED) is 0.605. The van der Waals surface area contributed by atoms with E-state index < -0.39 is 0 Å². The van der Waals surface area contributed by atoms with Gasteiger partial charge in [0, 0.05) is 38.3 Å². The Morgan fingerprint density at radius 2 is 2.03 bits per heavy atom. The van der Waals surface area contributed by atoms with Crippen LogP contribution >= 0.6 is 0 Å². The molecule has 1 aromatic heterocycles. The summed E-state index contributed by atoms with van der Waals surface area (Å²) in [6.45, 7) is 9.05. The second-order valence-electron chi connectivity index (χ2n) is 8.75. The summed E-state index contributed by atoms with van der Waals surface area (Å²) in [6.07, 6.45) is 6.56. The molecule has 0 bridgehead atoms.